The summed E-state index contributed by atoms with van der Waals surface area (Å²) >= 11 is 0. The Morgan fingerprint density at radius 1 is 1.29 bits per heavy atom. The number of benzene rings is 1. The van der Waals surface area contributed by atoms with E-state index < -0.39 is 0 Å². The van der Waals surface area contributed by atoms with Crippen LogP contribution in [0.15, 0.2) is 29.3 Å². The Morgan fingerprint density at radius 2 is 2.12 bits per heavy atom. The van der Waals surface area contributed by atoms with Gasteiger partial charge in [0.25, 0.3) is 5.56 Å². The van der Waals surface area contributed by atoms with Crippen molar-refractivity contribution < 1.29 is 9.53 Å². The highest BCUT2D eigenvalue weighted by atomic mass is 16.5. The second-order valence-corrected chi connectivity index (χ2v) is 5.56. The van der Waals surface area contributed by atoms with E-state index in [1.807, 2.05) is 19.1 Å². The minimum absolute atomic E-state index is 0.0835. The second kappa shape index (κ2) is 9.14. The molecule has 7 nitrogen and oxygen atoms in total. The number of fused-ring (bicyclic) bond motifs is 1. The molecule has 0 atom stereocenters. The Balaban J connectivity index is 1.84. The van der Waals surface area contributed by atoms with E-state index in [4.69, 9.17) is 4.74 Å². The third-order valence-corrected chi connectivity index (χ3v) is 3.74. The van der Waals surface area contributed by atoms with E-state index in [0.29, 0.717) is 37.1 Å². The van der Waals surface area contributed by atoms with Gasteiger partial charge in [-0.15, -0.1) is 0 Å². The van der Waals surface area contributed by atoms with Crippen LogP contribution < -0.4 is 16.2 Å². The monoisotopic (exact) mass is 332 g/mol. The number of hydrogen-bond acceptors (Lipinski definition) is 5. The van der Waals surface area contributed by atoms with Gasteiger partial charge in [-0.05, 0) is 18.6 Å². The number of carbonyl (C=O) groups excluding carboxylic acids is 1. The van der Waals surface area contributed by atoms with Gasteiger partial charge in [-0.3, -0.25) is 14.2 Å². The van der Waals surface area contributed by atoms with Crippen molar-refractivity contribution in [2.24, 2.45) is 0 Å². The van der Waals surface area contributed by atoms with Crippen molar-refractivity contribution in [3.63, 3.8) is 0 Å². The topological polar surface area (TPSA) is 85.2 Å². The molecule has 2 aromatic rings. The summed E-state index contributed by atoms with van der Waals surface area (Å²) in [5, 5.41) is 6.55. The van der Waals surface area contributed by atoms with E-state index in [1.54, 1.807) is 13.2 Å². The van der Waals surface area contributed by atoms with E-state index in [2.05, 4.69) is 15.6 Å². The van der Waals surface area contributed by atoms with Crippen LogP contribution in [0.2, 0.25) is 0 Å². The average molecular weight is 332 g/mol. The highest BCUT2D eigenvalue weighted by Crippen LogP contribution is 2.11. The summed E-state index contributed by atoms with van der Waals surface area (Å²) in [6.07, 6.45) is 1.76. The number of ether oxygens (including phenoxy) is 1. The van der Waals surface area contributed by atoms with Crippen LogP contribution >= 0.6 is 0 Å². The molecule has 24 heavy (non-hydrogen) atoms. The fourth-order valence-corrected chi connectivity index (χ4v) is 2.40. The molecule has 1 aromatic carbocycles. The maximum Gasteiger partial charge on any atom is 0.261 e. The summed E-state index contributed by atoms with van der Waals surface area (Å²) in [5.74, 6) is -0.0835. The second-order valence-electron chi connectivity index (χ2n) is 5.56. The molecule has 0 saturated heterocycles. The van der Waals surface area contributed by atoms with Gasteiger partial charge in [0.05, 0.1) is 23.8 Å². The van der Waals surface area contributed by atoms with Crippen molar-refractivity contribution in [1.29, 1.82) is 0 Å². The standard InChI is InChI=1S/C17H24N4O3/c1-13-4-3-5-14-16(13)20-12-21(17(14)23)10-6-15(22)19-8-7-18-9-11-24-2/h3-5,12,18H,6-11H2,1-2H3,(H,19,22). The van der Waals surface area contributed by atoms with E-state index in [9.17, 15) is 9.59 Å². The Hall–Kier alpha value is -2.25. The molecule has 0 fully saturated rings. The summed E-state index contributed by atoms with van der Waals surface area (Å²) in [5.41, 5.74) is 1.57. The molecule has 1 amide bonds. The molecule has 1 heterocycles. The first kappa shape index (κ1) is 18.1. The van der Waals surface area contributed by atoms with Gasteiger partial charge in [0.1, 0.15) is 0 Å². The van der Waals surface area contributed by atoms with Crippen LogP contribution in [0.3, 0.4) is 0 Å². The first-order valence-corrected chi connectivity index (χ1v) is 8.04. The number of para-hydroxylation sites is 1. The lowest BCUT2D eigenvalue weighted by molar-refractivity contribution is -0.121. The molecular weight excluding hydrogens is 308 g/mol. The highest BCUT2D eigenvalue weighted by Gasteiger charge is 2.07. The zero-order valence-electron chi connectivity index (χ0n) is 14.2. The van der Waals surface area contributed by atoms with Crippen LogP contribution in [0.5, 0.6) is 0 Å². The number of rotatable bonds is 9. The third kappa shape index (κ3) is 4.87. The van der Waals surface area contributed by atoms with Crippen LogP contribution in [-0.2, 0) is 16.1 Å². The zero-order valence-corrected chi connectivity index (χ0v) is 14.2. The molecule has 0 aliphatic rings. The number of methoxy groups -OCH3 is 1. The first-order valence-electron chi connectivity index (χ1n) is 8.04. The normalized spacial score (nSPS) is 10.9. The molecule has 2 N–H and O–H groups in total. The predicted octanol–water partition coefficient (Wildman–Crippen LogP) is 0.447. The summed E-state index contributed by atoms with van der Waals surface area (Å²) in [6.45, 7) is 4.87. The SMILES string of the molecule is COCCNCCNC(=O)CCn1cnc2c(C)cccc2c1=O. The van der Waals surface area contributed by atoms with Crippen LogP contribution in [0, 0.1) is 6.92 Å². The van der Waals surface area contributed by atoms with Gasteiger partial charge in [-0.1, -0.05) is 12.1 Å². The molecule has 1 aromatic heterocycles. The number of nitrogens with zero attached hydrogens (tertiary/aromatic N) is 2. The van der Waals surface area contributed by atoms with E-state index >= 15 is 0 Å². The molecule has 2 rings (SSSR count). The van der Waals surface area contributed by atoms with Gasteiger partial charge in [-0.25, -0.2) is 4.98 Å². The molecule has 0 unspecified atom stereocenters. The van der Waals surface area contributed by atoms with Crippen molar-refractivity contribution in [3.8, 4) is 0 Å². The number of hydrogen-bond donors (Lipinski definition) is 2. The molecular formula is C17H24N4O3. The Bertz CT molecular complexity index is 742. The van der Waals surface area contributed by atoms with Gasteiger partial charge in [0.2, 0.25) is 5.91 Å². The summed E-state index contributed by atoms with van der Waals surface area (Å²) in [6, 6.07) is 5.53. The minimum Gasteiger partial charge on any atom is -0.383 e. The zero-order chi connectivity index (χ0) is 17.4. The van der Waals surface area contributed by atoms with E-state index in [0.717, 1.165) is 12.1 Å². The van der Waals surface area contributed by atoms with Crippen molar-refractivity contribution in [3.05, 3.63) is 40.4 Å². The van der Waals surface area contributed by atoms with Crippen LogP contribution in [0.25, 0.3) is 10.9 Å². The predicted molar refractivity (Wildman–Crippen MR) is 93.1 cm³/mol. The van der Waals surface area contributed by atoms with Crippen molar-refractivity contribution in [2.75, 3.05) is 33.4 Å². The number of aromatic nitrogens is 2. The van der Waals surface area contributed by atoms with E-state index in [1.165, 1.54) is 10.9 Å². The Labute approximate surface area is 141 Å². The fourth-order valence-electron chi connectivity index (χ4n) is 2.40. The summed E-state index contributed by atoms with van der Waals surface area (Å²) in [4.78, 5) is 28.6. The quantitative estimate of drug-likeness (QED) is 0.651. The van der Waals surface area contributed by atoms with Gasteiger partial charge >= 0.3 is 0 Å². The van der Waals surface area contributed by atoms with Crippen LogP contribution in [0.1, 0.15) is 12.0 Å². The molecule has 0 radical (unpaired) electrons. The number of amides is 1. The van der Waals surface area contributed by atoms with Gasteiger partial charge in [-0.2, -0.15) is 0 Å². The van der Waals surface area contributed by atoms with Gasteiger partial charge in [0, 0.05) is 39.7 Å². The summed E-state index contributed by atoms with van der Waals surface area (Å²) in [7, 11) is 1.65. The van der Waals surface area contributed by atoms with Crippen LogP contribution in [0.4, 0.5) is 0 Å². The lowest BCUT2D eigenvalue weighted by atomic mass is 10.1. The minimum atomic E-state index is -0.113. The molecule has 0 aliphatic carbocycles. The van der Waals surface area contributed by atoms with Crippen LogP contribution in [-0.4, -0.2) is 48.8 Å². The lowest BCUT2D eigenvalue weighted by Gasteiger charge is -2.09. The van der Waals surface area contributed by atoms with Crippen molar-refractivity contribution >= 4 is 16.8 Å². The molecule has 7 heteroatoms. The Morgan fingerprint density at radius 3 is 2.92 bits per heavy atom. The van der Waals surface area contributed by atoms with Crippen molar-refractivity contribution in [1.82, 2.24) is 20.2 Å². The van der Waals surface area contributed by atoms with E-state index in [-0.39, 0.29) is 17.9 Å². The van der Waals surface area contributed by atoms with Gasteiger partial charge < -0.3 is 15.4 Å². The summed E-state index contributed by atoms with van der Waals surface area (Å²) < 4.78 is 6.40. The van der Waals surface area contributed by atoms with Gasteiger partial charge in [0.15, 0.2) is 0 Å². The lowest BCUT2D eigenvalue weighted by Crippen LogP contribution is -2.34. The van der Waals surface area contributed by atoms with Crippen molar-refractivity contribution in [2.45, 2.75) is 19.9 Å². The molecule has 0 aliphatic heterocycles. The Kier molecular flexibility index (Phi) is 6.89. The number of nitrogens with one attached hydrogen (secondary N) is 2. The largest absolute Gasteiger partial charge is 0.383 e. The maximum atomic E-state index is 12.4. The molecule has 0 bridgehead atoms. The first-order chi connectivity index (χ1) is 11.6. The molecule has 0 saturated carbocycles. The molecule has 0 spiro atoms. The number of carbonyl (C=O) groups is 1. The third-order valence-electron chi connectivity index (χ3n) is 3.74. The fraction of sp³-hybridized carbons (Fsp3) is 0.471. The average Bonchev–Trinajstić information content (AvgIpc) is 2.58. The molecule has 130 valence electrons. The smallest absolute Gasteiger partial charge is 0.261 e. The number of aryl methyl sites for hydroxylation is 2. The highest BCUT2D eigenvalue weighted by molar-refractivity contribution is 5.80. The maximum absolute atomic E-state index is 12.4.